The Kier molecular flexibility index (Phi) is 8.44. The number of aromatic nitrogens is 2. The monoisotopic (exact) mass is 522 g/mol. The minimum Gasteiger partial charge on any atom is -0.493 e. The Balaban J connectivity index is 1.82. The number of carbonyl (C=O) groups is 1. The van der Waals surface area contributed by atoms with Gasteiger partial charge in [-0.05, 0) is 70.2 Å². The lowest BCUT2D eigenvalue weighted by Gasteiger charge is -2.18. The number of aryl methyl sites for hydroxylation is 1. The molecule has 0 bridgehead atoms. The van der Waals surface area contributed by atoms with Gasteiger partial charge in [0.25, 0.3) is 0 Å². The first-order valence-electron chi connectivity index (χ1n) is 13.6. The molecule has 2 heterocycles. The predicted molar refractivity (Wildman–Crippen MR) is 152 cm³/mol. The SMILES string of the molecule is CCC(C)OC(=O)c1c(C)n(COCC[Si](C)(C)C)c2c(-c3cc(C)ccc3OCC3CC3)ccnc12. The van der Waals surface area contributed by atoms with Gasteiger partial charge in [0.2, 0.25) is 0 Å². The number of benzene rings is 1. The molecule has 0 spiro atoms. The first-order chi connectivity index (χ1) is 17.6. The zero-order valence-electron chi connectivity index (χ0n) is 23.5. The molecule has 1 unspecified atom stereocenters. The third kappa shape index (κ3) is 6.63. The normalized spacial score (nSPS) is 14.7. The Morgan fingerprint density at radius 1 is 1.16 bits per heavy atom. The van der Waals surface area contributed by atoms with Crippen LogP contribution in [-0.4, -0.2) is 42.9 Å². The zero-order chi connectivity index (χ0) is 26.7. The van der Waals surface area contributed by atoms with Crippen LogP contribution in [0.3, 0.4) is 0 Å². The second-order valence-corrected chi connectivity index (χ2v) is 17.3. The molecule has 1 aromatic carbocycles. The summed E-state index contributed by atoms with van der Waals surface area (Å²) in [6, 6.07) is 9.40. The van der Waals surface area contributed by atoms with Crippen LogP contribution in [0.25, 0.3) is 22.2 Å². The van der Waals surface area contributed by atoms with Crippen LogP contribution >= 0.6 is 0 Å². The van der Waals surface area contributed by atoms with E-state index in [2.05, 4.69) is 49.3 Å². The summed E-state index contributed by atoms with van der Waals surface area (Å²) in [7, 11) is -1.23. The van der Waals surface area contributed by atoms with Crippen molar-refractivity contribution in [1.29, 1.82) is 0 Å². The van der Waals surface area contributed by atoms with Crippen molar-refractivity contribution >= 4 is 25.1 Å². The molecular weight excluding hydrogens is 480 g/mol. The van der Waals surface area contributed by atoms with E-state index in [0.717, 1.165) is 52.7 Å². The Morgan fingerprint density at radius 2 is 1.92 bits per heavy atom. The van der Waals surface area contributed by atoms with E-state index in [1.165, 1.54) is 12.8 Å². The van der Waals surface area contributed by atoms with E-state index in [0.29, 0.717) is 30.3 Å². The smallest absolute Gasteiger partial charge is 0.342 e. The maximum atomic E-state index is 13.3. The Labute approximate surface area is 222 Å². The van der Waals surface area contributed by atoms with Gasteiger partial charge in [-0.2, -0.15) is 0 Å². The fourth-order valence-electron chi connectivity index (χ4n) is 4.34. The van der Waals surface area contributed by atoms with Crippen molar-refractivity contribution in [3.05, 3.63) is 47.3 Å². The molecule has 0 N–H and O–H groups in total. The van der Waals surface area contributed by atoms with Crippen LogP contribution in [0.4, 0.5) is 0 Å². The number of pyridine rings is 1. The van der Waals surface area contributed by atoms with Crippen molar-refractivity contribution in [3.63, 3.8) is 0 Å². The van der Waals surface area contributed by atoms with Crippen LogP contribution in [0.15, 0.2) is 30.5 Å². The third-order valence-corrected chi connectivity index (χ3v) is 8.80. The molecule has 1 aliphatic carbocycles. The van der Waals surface area contributed by atoms with Gasteiger partial charge in [0, 0.05) is 37.7 Å². The van der Waals surface area contributed by atoms with Gasteiger partial charge in [0.15, 0.2) is 0 Å². The molecule has 4 rings (SSSR count). The largest absolute Gasteiger partial charge is 0.493 e. The quantitative estimate of drug-likeness (QED) is 0.141. The highest BCUT2D eigenvalue weighted by molar-refractivity contribution is 6.76. The predicted octanol–water partition coefficient (Wildman–Crippen LogP) is 7.38. The zero-order valence-corrected chi connectivity index (χ0v) is 24.5. The number of esters is 1. The molecule has 0 amide bonds. The number of ether oxygens (including phenoxy) is 3. The van der Waals surface area contributed by atoms with Crippen LogP contribution in [-0.2, 0) is 16.2 Å². The standard InChI is InChI=1S/C30H42N2O4Si/c1-8-21(3)36-30(33)27-22(4)32(19-34-15-16-37(5,6)7)29-24(13-14-31-28(27)29)25-17-20(2)9-12-26(25)35-18-23-10-11-23/h9,12-14,17,21,23H,8,10-11,15-16,18-19H2,1-7H3. The van der Waals surface area contributed by atoms with Gasteiger partial charge in [-0.3, -0.25) is 4.98 Å². The molecule has 1 aliphatic rings. The van der Waals surface area contributed by atoms with Gasteiger partial charge in [-0.25, -0.2) is 4.79 Å². The summed E-state index contributed by atoms with van der Waals surface area (Å²) in [6.07, 6.45) is 4.84. The first kappa shape index (κ1) is 27.4. The van der Waals surface area contributed by atoms with E-state index >= 15 is 0 Å². The van der Waals surface area contributed by atoms with E-state index < -0.39 is 8.07 Å². The molecule has 37 heavy (non-hydrogen) atoms. The highest BCUT2D eigenvalue weighted by Crippen LogP contribution is 2.39. The topological polar surface area (TPSA) is 62.6 Å². The molecule has 6 nitrogen and oxygen atoms in total. The van der Waals surface area contributed by atoms with Crippen LogP contribution in [0, 0.1) is 19.8 Å². The molecule has 3 aromatic rings. The van der Waals surface area contributed by atoms with Gasteiger partial charge < -0.3 is 18.8 Å². The van der Waals surface area contributed by atoms with Crippen LogP contribution in [0.1, 0.15) is 54.7 Å². The lowest BCUT2D eigenvalue weighted by atomic mass is 10.0. The molecule has 1 atom stereocenters. The average molecular weight is 523 g/mol. The van der Waals surface area contributed by atoms with Crippen molar-refractivity contribution in [2.75, 3.05) is 13.2 Å². The van der Waals surface area contributed by atoms with E-state index in [1.807, 2.05) is 26.8 Å². The number of hydrogen-bond acceptors (Lipinski definition) is 5. The second kappa shape index (κ2) is 11.4. The Hall–Kier alpha value is -2.64. The fraction of sp³-hybridized carbons (Fsp3) is 0.533. The highest BCUT2D eigenvalue weighted by atomic mass is 28.3. The summed E-state index contributed by atoms with van der Waals surface area (Å²) < 4.78 is 20.3. The van der Waals surface area contributed by atoms with E-state index in [4.69, 9.17) is 19.2 Å². The number of nitrogens with zero attached hydrogens (tertiary/aromatic N) is 2. The molecule has 2 aromatic heterocycles. The number of fused-ring (bicyclic) bond motifs is 1. The van der Waals surface area contributed by atoms with E-state index in [9.17, 15) is 4.79 Å². The summed E-state index contributed by atoms with van der Waals surface area (Å²) in [5.41, 5.74) is 5.99. The second-order valence-electron chi connectivity index (χ2n) is 11.7. The Bertz CT molecular complexity index is 1260. The molecule has 200 valence electrons. The summed E-state index contributed by atoms with van der Waals surface area (Å²) in [5.74, 6) is 1.18. The minimum atomic E-state index is -1.23. The highest BCUT2D eigenvalue weighted by Gasteiger charge is 2.27. The summed E-state index contributed by atoms with van der Waals surface area (Å²) in [5, 5.41) is 0. The molecular formula is C30H42N2O4Si. The van der Waals surface area contributed by atoms with Crippen molar-refractivity contribution in [1.82, 2.24) is 9.55 Å². The number of hydrogen-bond donors (Lipinski definition) is 0. The summed E-state index contributed by atoms with van der Waals surface area (Å²) in [6.45, 7) is 16.8. The lowest BCUT2D eigenvalue weighted by Crippen LogP contribution is -2.22. The van der Waals surface area contributed by atoms with Crippen LogP contribution in [0.2, 0.25) is 25.7 Å². The number of rotatable bonds is 12. The van der Waals surface area contributed by atoms with Crippen molar-refractivity contribution in [3.8, 4) is 16.9 Å². The maximum absolute atomic E-state index is 13.3. The van der Waals surface area contributed by atoms with Gasteiger partial charge in [0.05, 0.1) is 18.2 Å². The van der Waals surface area contributed by atoms with E-state index in [1.54, 1.807) is 6.20 Å². The van der Waals surface area contributed by atoms with Gasteiger partial charge >= 0.3 is 5.97 Å². The van der Waals surface area contributed by atoms with Crippen molar-refractivity contribution < 1.29 is 19.0 Å². The van der Waals surface area contributed by atoms with Crippen molar-refractivity contribution in [2.24, 2.45) is 5.92 Å². The average Bonchev–Trinajstić information content (AvgIpc) is 3.62. The summed E-state index contributed by atoms with van der Waals surface area (Å²) >= 11 is 0. The molecule has 0 radical (unpaired) electrons. The Morgan fingerprint density at radius 3 is 2.59 bits per heavy atom. The van der Waals surface area contributed by atoms with Crippen molar-refractivity contribution in [2.45, 2.75) is 85.5 Å². The van der Waals surface area contributed by atoms with E-state index in [-0.39, 0.29) is 12.1 Å². The third-order valence-electron chi connectivity index (χ3n) is 7.10. The molecule has 0 aliphatic heterocycles. The van der Waals surface area contributed by atoms with Crippen LogP contribution in [0.5, 0.6) is 5.75 Å². The molecule has 0 saturated heterocycles. The van der Waals surface area contributed by atoms with Gasteiger partial charge in [-0.1, -0.05) is 38.2 Å². The van der Waals surface area contributed by atoms with Gasteiger partial charge in [-0.15, -0.1) is 0 Å². The fourth-order valence-corrected chi connectivity index (χ4v) is 5.10. The minimum absolute atomic E-state index is 0.166. The molecule has 1 saturated carbocycles. The summed E-state index contributed by atoms with van der Waals surface area (Å²) in [4.78, 5) is 18.0. The van der Waals surface area contributed by atoms with Gasteiger partial charge in [0.1, 0.15) is 23.6 Å². The van der Waals surface area contributed by atoms with Crippen LogP contribution < -0.4 is 4.74 Å². The number of carbonyl (C=O) groups excluding carboxylic acids is 1. The first-order valence-corrected chi connectivity index (χ1v) is 17.3. The molecule has 1 fully saturated rings. The lowest BCUT2D eigenvalue weighted by molar-refractivity contribution is 0.0334. The maximum Gasteiger partial charge on any atom is 0.342 e. The molecule has 7 heteroatoms.